The molecule has 0 saturated heterocycles. The highest BCUT2D eigenvalue weighted by atomic mass is 12.0. The van der Waals surface area contributed by atoms with E-state index in [0.29, 0.717) is 0 Å². The van der Waals surface area contributed by atoms with E-state index >= 15 is 0 Å². The van der Waals surface area contributed by atoms with Gasteiger partial charge in [0, 0.05) is 0 Å². The van der Waals surface area contributed by atoms with E-state index < -0.39 is 0 Å². The molecule has 0 aliphatic heterocycles. The summed E-state index contributed by atoms with van der Waals surface area (Å²) in [5.41, 5.74) is 0. The molecule has 0 unspecified atom stereocenters. The minimum absolute atomic E-state index is 0. The molecule has 0 nitrogen and oxygen atoms in total. The zero-order valence-corrected chi connectivity index (χ0v) is 0. The standard InChI is InChI=1S/31CH4/h31*1H4. The molecule has 0 fully saturated rings. The summed E-state index contributed by atoms with van der Waals surface area (Å²) < 4.78 is 0. The Labute approximate surface area is 230 Å². The monoisotopic (exact) mass is 497 g/mol. The summed E-state index contributed by atoms with van der Waals surface area (Å²) in [7, 11) is 0. The maximum absolute atomic E-state index is 0. The lowest BCUT2D eigenvalue weighted by molar-refractivity contribution is 2.50. The fraction of sp³-hybridized carbons (Fsp3) is 1.00. The molecule has 31 heavy (non-hydrogen) atoms. The molecule has 0 aliphatic carbocycles. The van der Waals surface area contributed by atoms with Crippen LogP contribution in [0, 0.1) is 0 Å². The molecule has 248 valence electrons. The van der Waals surface area contributed by atoms with Crippen LogP contribution >= 0.6 is 0 Å². The smallest absolute Gasteiger partial charge is 0.0776 e. The van der Waals surface area contributed by atoms with Crippen molar-refractivity contribution in [2.45, 2.75) is 230 Å². The summed E-state index contributed by atoms with van der Waals surface area (Å²) in [6.45, 7) is 0. The Bertz CT molecular complexity index is 0. The van der Waals surface area contributed by atoms with Gasteiger partial charge in [0.05, 0.1) is 0 Å². The average Bonchev–Trinajstić information content (AvgIpc) is 0. The Morgan fingerprint density at radius 2 is 0.0323 bits per heavy atom. The van der Waals surface area contributed by atoms with Crippen molar-refractivity contribution in [2.24, 2.45) is 0 Å². The third-order valence-electron chi connectivity index (χ3n) is 0. The molecule has 0 spiro atoms. The van der Waals surface area contributed by atoms with Gasteiger partial charge in [-0.3, -0.25) is 0 Å². The summed E-state index contributed by atoms with van der Waals surface area (Å²) in [5.74, 6) is 0. The van der Waals surface area contributed by atoms with Crippen molar-refractivity contribution in [3.05, 3.63) is 0 Å². The number of hydrogen-bond acceptors (Lipinski definition) is 0. The van der Waals surface area contributed by atoms with E-state index in [9.17, 15) is 0 Å². The van der Waals surface area contributed by atoms with Crippen molar-refractivity contribution in [2.75, 3.05) is 0 Å². The van der Waals surface area contributed by atoms with Crippen LogP contribution in [-0.4, -0.2) is 0 Å². The number of hydrogen-bond donors (Lipinski definition) is 0. The van der Waals surface area contributed by atoms with E-state index in [4.69, 9.17) is 0 Å². The van der Waals surface area contributed by atoms with Gasteiger partial charge in [0.1, 0.15) is 0 Å². The Morgan fingerprint density at radius 1 is 0.0323 bits per heavy atom. The van der Waals surface area contributed by atoms with Crippen molar-refractivity contribution >= 4 is 0 Å². The third-order valence-corrected chi connectivity index (χ3v) is 0. The Balaban J connectivity index is 0. The van der Waals surface area contributed by atoms with Crippen LogP contribution in [0.25, 0.3) is 0 Å². The van der Waals surface area contributed by atoms with Gasteiger partial charge in [0.15, 0.2) is 0 Å². The Kier molecular flexibility index (Phi) is 0. The van der Waals surface area contributed by atoms with Crippen molar-refractivity contribution in [1.82, 2.24) is 0 Å². The van der Waals surface area contributed by atoms with Crippen LogP contribution in [-0.2, 0) is 0 Å². The molecule has 0 radical (unpaired) electrons. The van der Waals surface area contributed by atoms with Crippen LogP contribution in [0.15, 0.2) is 0 Å². The maximum atomic E-state index is 0. The molecule has 0 heteroatoms. The zero-order valence-electron chi connectivity index (χ0n) is 0. The van der Waals surface area contributed by atoms with Gasteiger partial charge in [-0.05, 0) is 0 Å². The van der Waals surface area contributed by atoms with Gasteiger partial charge in [-0.15, -0.1) is 0 Å². The highest BCUT2D eigenvalue weighted by molar-refractivity contribution is 2.53. The van der Waals surface area contributed by atoms with Gasteiger partial charge in [-0.25, -0.2) is 0 Å². The molecule has 0 N–H and O–H groups in total. The van der Waals surface area contributed by atoms with E-state index in [1.165, 1.54) is 0 Å². The second kappa shape index (κ2) is 0. The first kappa shape index (κ1) is 0. The van der Waals surface area contributed by atoms with Crippen LogP contribution < -0.4 is 0 Å². The molecule has 0 aliphatic rings. The molecule has 0 amide bonds. The second-order valence-corrected chi connectivity index (χ2v) is 0. The fourth-order valence-electron chi connectivity index (χ4n) is 0. The van der Waals surface area contributed by atoms with Crippen LogP contribution in [0.3, 0.4) is 0 Å². The van der Waals surface area contributed by atoms with E-state index in [2.05, 4.69) is 0 Å². The molecule has 0 saturated carbocycles. The van der Waals surface area contributed by atoms with Gasteiger partial charge < -0.3 is 0 Å². The van der Waals surface area contributed by atoms with Crippen molar-refractivity contribution < 1.29 is 0 Å². The van der Waals surface area contributed by atoms with E-state index in [0.717, 1.165) is 0 Å². The number of rotatable bonds is 0. The predicted molar refractivity (Wildman–Crippen MR) is 209 cm³/mol. The van der Waals surface area contributed by atoms with Crippen LogP contribution in [0.2, 0.25) is 0 Å². The van der Waals surface area contributed by atoms with E-state index in [1.54, 1.807) is 0 Å². The Hall–Kier alpha value is 0. The van der Waals surface area contributed by atoms with Crippen LogP contribution in [0.4, 0.5) is 0 Å². The molecule has 0 heterocycles. The normalized spacial score (nSPS) is 0. The van der Waals surface area contributed by atoms with Crippen LogP contribution in [0.1, 0.15) is 230 Å². The molecular formula is C31H124. The molecule has 0 bridgehead atoms. The van der Waals surface area contributed by atoms with E-state index in [1.807, 2.05) is 0 Å². The Morgan fingerprint density at radius 3 is 0.0323 bits per heavy atom. The lowest BCUT2D eigenvalue weighted by Crippen LogP contribution is 0.143. The molecule has 0 atom stereocenters. The zero-order chi connectivity index (χ0) is 0. The van der Waals surface area contributed by atoms with Gasteiger partial charge in [0.25, 0.3) is 0 Å². The summed E-state index contributed by atoms with van der Waals surface area (Å²) in [6, 6.07) is 0. The third kappa shape index (κ3) is 0. The van der Waals surface area contributed by atoms with Crippen LogP contribution in [0.5, 0.6) is 0 Å². The first-order chi connectivity index (χ1) is 0. The largest absolute Gasteiger partial charge is 0.0776 e. The SMILES string of the molecule is C.C.C.C.C.C.C.C.C.C.C.C.C.C.C.C.C.C.C.C.C.C.C.C.C.C.C.C.C.C.C. The van der Waals surface area contributed by atoms with Gasteiger partial charge >= 0.3 is 0 Å². The lowest BCUT2D eigenvalue weighted by atomic mass is 12.0. The van der Waals surface area contributed by atoms with E-state index in [-0.39, 0.29) is 230 Å². The molecule has 0 aromatic heterocycles. The molecule has 0 aromatic carbocycles. The quantitative estimate of drug-likeness (QED) is 0.312. The van der Waals surface area contributed by atoms with Gasteiger partial charge in [0.2, 0.25) is 0 Å². The second-order valence-electron chi connectivity index (χ2n) is 0. The minimum atomic E-state index is 0. The van der Waals surface area contributed by atoms with Crippen molar-refractivity contribution in [3.63, 3.8) is 0 Å². The maximum Gasteiger partial charge on any atom is -0.0776 e. The summed E-state index contributed by atoms with van der Waals surface area (Å²) in [4.78, 5) is 0. The van der Waals surface area contributed by atoms with Crippen molar-refractivity contribution in [1.29, 1.82) is 0 Å². The highest BCUT2D eigenvalue weighted by Crippen LogP contribution is 0.174. The first-order valence-corrected chi connectivity index (χ1v) is 0. The molecule has 0 aromatic rings. The minimum Gasteiger partial charge on any atom is -0.0776 e. The topological polar surface area (TPSA) is 0 Å². The van der Waals surface area contributed by atoms with Gasteiger partial charge in [-0.2, -0.15) is 0 Å². The summed E-state index contributed by atoms with van der Waals surface area (Å²) >= 11 is 0. The lowest BCUT2D eigenvalue weighted by Gasteiger charge is -0.0786. The first-order valence-electron chi connectivity index (χ1n) is 0. The summed E-state index contributed by atoms with van der Waals surface area (Å²) in [5, 5.41) is 0. The average molecular weight is 497 g/mol. The van der Waals surface area contributed by atoms with Gasteiger partial charge in [-0.1, -0.05) is 230 Å². The summed E-state index contributed by atoms with van der Waals surface area (Å²) in [6.07, 6.45) is 0. The molecular weight excluding hydrogens is 372 g/mol. The fourth-order valence-corrected chi connectivity index (χ4v) is 0. The highest BCUT2D eigenvalue weighted by Gasteiger charge is -0.0476. The van der Waals surface area contributed by atoms with Crippen molar-refractivity contribution in [3.8, 4) is 0 Å². The molecule has 0 rings (SSSR count). The predicted octanol–water partition coefficient (Wildman–Crippen LogP) is 19.7.